The van der Waals surface area contributed by atoms with Crippen LogP contribution in [0.3, 0.4) is 0 Å². The van der Waals surface area contributed by atoms with E-state index in [9.17, 15) is 4.79 Å². The molecule has 2 aromatic rings. The minimum Gasteiger partial charge on any atom is -0.494 e. The smallest absolute Gasteiger partial charge is 0.338 e. The van der Waals surface area contributed by atoms with Crippen molar-refractivity contribution in [1.82, 2.24) is 0 Å². The van der Waals surface area contributed by atoms with E-state index in [0.717, 1.165) is 49.2 Å². The molecule has 24 heavy (non-hydrogen) atoms. The van der Waals surface area contributed by atoms with Gasteiger partial charge in [-0.15, -0.1) is 0 Å². The largest absolute Gasteiger partial charge is 0.494 e. The third kappa shape index (κ3) is 5.41. The molecule has 0 aromatic heterocycles. The highest BCUT2D eigenvalue weighted by Crippen LogP contribution is 2.23. The van der Waals surface area contributed by atoms with Crippen molar-refractivity contribution in [2.45, 2.75) is 39.5 Å². The van der Waals surface area contributed by atoms with Gasteiger partial charge in [0.1, 0.15) is 5.75 Å². The molecule has 0 amide bonds. The molecule has 0 unspecified atom stereocenters. The molecule has 0 saturated carbocycles. The summed E-state index contributed by atoms with van der Waals surface area (Å²) in [6.07, 6.45) is 4.13. The zero-order valence-electron chi connectivity index (χ0n) is 14.6. The van der Waals surface area contributed by atoms with E-state index in [2.05, 4.69) is 13.8 Å². The highest BCUT2D eigenvalue weighted by Gasteiger charge is 2.07. The van der Waals surface area contributed by atoms with Crippen LogP contribution >= 0.6 is 0 Å². The molecule has 0 saturated heterocycles. The fourth-order valence-electron chi connectivity index (χ4n) is 2.36. The molecule has 0 aliphatic heterocycles. The van der Waals surface area contributed by atoms with Crippen LogP contribution in [0.15, 0.2) is 48.5 Å². The van der Waals surface area contributed by atoms with E-state index >= 15 is 0 Å². The Hall–Kier alpha value is -2.29. The van der Waals surface area contributed by atoms with Gasteiger partial charge in [0, 0.05) is 0 Å². The number of unbranched alkanes of at least 4 members (excludes halogenated alkanes) is 2. The van der Waals surface area contributed by atoms with E-state index < -0.39 is 0 Å². The molecule has 3 heteroatoms. The summed E-state index contributed by atoms with van der Waals surface area (Å²) in [7, 11) is 0. The summed E-state index contributed by atoms with van der Waals surface area (Å²) in [6.45, 7) is 5.44. The number of carbonyl (C=O) groups is 1. The maximum Gasteiger partial charge on any atom is 0.338 e. The Balaban J connectivity index is 1.94. The summed E-state index contributed by atoms with van der Waals surface area (Å²) in [5.41, 5.74) is 2.76. The molecular weight excluding hydrogens is 300 g/mol. The second-order valence-corrected chi connectivity index (χ2v) is 5.79. The number of hydrogen-bond acceptors (Lipinski definition) is 3. The van der Waals surface area contributed by atoms with Crippen LogP contribution in [-0.2, 0) is 4.74 Å². The standard InChI is InChI=1S/C21H26O3/c1-3-5-6-16-24-21(22)19-9-7-17(8-10-19)18-11-13-20(14-12-18)23-15-4-2/h7-14H,3-6,15-16H2,1-2H3. The summed E-state index contributed by atoms with van der Waals surface area (Å²) in [4.78, 5) is 12.0. The van der Waals surface area contributed by atoms with Crippen molar-refractivity contribution >= 4 is 5.97 Å². The first-order valence-corrected chi connectivity index (χ1v) is 8.75. The van der Waals surface area contributed by atoms with Crippen LogP contribution in [0.4, 0.5) is 0 Å². The summed E-state index contributed by atoms with van der Waals surface area (Å²) in [5.74, 6) is 0.633. The maximum atomic E-state index is 12.0. The van der Waals surface area contributed by atoms with E-state index in [1.54, 1.807) is 0 Å². The van der Waals surface area contributed by atoms with Gasteiger partial charge in [-0.2, -0.15) is 0 Å². The Morgan fingerprint density at radius 2 is 1.42 bits per heavy atom. The lowest BCUT2D eigenvalue weighted by molar-refractivity contribution is 0.0498. The Morgan fingerprint density at radius 1 is 0.792 bits per heavy atom. The fourth-order valence-corrected chi connectivity index (χ4v) is 2.36. The van der Waals surface area contributed by atoms with Crippen molar-refractivity contribution in [2.24, 2.45) is 0 Å². The van der Waals surface area contributed by atoms with E-state index in [-0.39, 0.29) is 5.97 Å². The highest BCUT2D eigenvalue weighted by molar-refractivity contribution is 5.90. The molecule has 0 spiro atoms. The van der Waals surface area contributed by atoms with Gasteiger partial charge in [0.05, 0.1) is 18.8 Å². The maximum absolute atomic E-state index is 12.0. The number of benzene rings is 2. The predicted molar refractivity (Wildman–Crippen MR) is 97.5 cm³/mol. The van der Waals surface area contributed by atoms with E-state index in [0.29, 0.717) is 12.2 Å². The first-order chi connectivity index (χ1) is 11.7. The number of hydrogen-bond donors (Lipinski definition) is 0. The van der Waals surface area contributed by atoms with Gasteiger partial charge >= 0.3 is 5.97 Å². The first kappa shape index (κ1) is 18.1. The summed E-state index contributed by atoms with van der Waals surface area (Å²) < 4.78 is 10.9. The van der Waals surface area contributed by atoms with Crippen LogP contribution in [0.5, 0.6) is 5.75 Å². The van der Waals surface area contributed by atoms with Gasteiger partial charge in [-0.25, -0.2) is 4.79 Å². The van der Waals surface area contributed by atoms with Gasteiger partial charge in [-0.3, -0.25) is 0 Å². The molecule has 0 heterocycles. The number of esters is 1. The van der Waals surface area contributed by atoms with Crippen LogP contribution < -0.4 is 4.74 Å². The van der Waals surface area contributed by atoms with Crippen molar-refractivity contribution in [1.29, 1.82) is 0 Å². The quantitative estimate of drug-likeness (QED) is 0.451. The Labute approximate surface area is 144 Å². The molecule has 0 N–H and O–H groups in total. The molecule has 3 nitrogen and oxygen atoms in total. The minimum atomic E-state index is -0.249. The lowest BCUT2D eigenvalue weighted by atomic mass is 10.0. The molecule has 0 fully saturated rings. The van der Waals surface area contributed by atoms with Crippen molar-refractivity contribution in [2.75, 3.05) is 13.2 Å². The van der Waals surface area contributed by atoms with Gasteiger partial charge in [0.2, 0.25) is 0 Å². The van der Waals surface area contributed by atoms with Crippen molar-refractivity contribution in [3.63, 3.8) is 0 Å². The molecule has 0 atom stereocenters. The second-order valence-electron chi connectivity index (χ2n) is 5.79. The zero-order chi connectivity index (χ0) is 17.2. The molecule has 2 aromatic carbocycles. The Bertz CT molecular complexity index is 615. The summed E-state index contributed by atoms with van der Waals surface area (Å²) in [6, 6.07) is 15.5. The first-order valence-electron chi connectivity index (χ1n) is 8.75. The van der Waals surface area contributed by atoms with Crippen LogP contribution in [0.1, 0.15) is 49.9 Å². The van der Waals surface area contributed by atoms with Crippen LogP contribution in [0.25, 0.3) is 11.1 Å². The number of ether oxygens (including phenoxy) is 2. The molecule has 0 aliphatic rings. The third-order valence-corrected chi connectivity index (χ3v) is 3.76. The molecule has 0 radical (unpaired) electrons. The van der Waals surface area contributed by atoms with Gasteiger partial charge in [0.15, 0.2) is 0 Å². The van der Waals surface area contributed by atoms with Crippen LogP contribution in [-0.4, -0.2) is 19.2 Å². The van der Waals surface area contributed by atoms with E-state index in [1.807, 2.05) is 48.5 Å². The lowest BCUT2D eigenvalue weighted by Gasteiger charge is -2.07. The summed E-state index contributed by atoms with van der Waals surface area (Å²) >= 11 is 0. The molecule has 2 rings (SSSR count). The van der Waals surface area contributed by atoms with Crippen molar-refractivity contribution in [3.8, 4) is 16.9 Å². The molecular formula is C21H26O3. The van der Waals surface area contributed by atoms with Gasteiger partial charge in [-0.05, 0) is 48.2 Å². The van der Waals surface area contributed by atoms with Crippen molar-refractivity contribution < 1.29 is 14.3 Å². The Morgan fingerprint density at radius 3 is 2.00 bits per heavy atom. The molecule has 0 aliphatic carbocycles. The second kappa shape index (κ2) is 9.76. The average Bonchev–Trinajstić information content (AvgIpc) is 2.64. The Kier molecular flexibility index (Phi) is 7.34. The van der Waals surface area contributed by atoms with Gasteiger partial charge < -0.3 is 9.47 Å². The monoisotopic (exact) mass is 326 g/mol. The zero-order valence-corrected chi connectivity index (χ0v) is 14.6. The van der Waals surface area contributed by atoms with E-state index in [1.165, 1.54) is 0 Å². The highest BCUT2D eigenvalue weighted by atomic mass is 16.5. The lowest BCUT2D eigenvalue weighted by Crippen LogP contribution is -2.06. The van der Waals surface area contributed by atoms with E-state index in [4.69, 9.17) is 9.47 Å². The SMILES string of the molecule is CCCCCOC(=O)c1ccc(-c2ccc(OCCC)cc2)cc1. The third-order valence-electron chi connectivity index (χ3n) is 3.76. The van der Waals surface area contributed by atoms with Crippen molar-refractivity contribution in [3.05, 3.63) is 54.1 Å². The van der Waals surface area contributed by atoms with Crippen LogP contribution in [0, 0.1) is 0 Å². The van der Waals surface area contributed by atoms with Gasteiger partial charge in [0.25, 0.3) is 0 Å². The molecule has 128 valence electrons. The van der Waals surface area contributed by atoms with Crippen LogP contribution in [0.2, 0.25) is 0 Å². The normalized spacial score (nSPS) is 10.4. The number of rotatable bonds is 9. The fraction of sp³-hybridized carbons (Fsp3) is 0.381. The predicted octanol–water partition coefficient (Wildman–Crippen LogP) is 5.49. The number of carbonyl (C=O) groups excluding carboxylic acids is 1. The minimum absolute atomic E-state index is 0.249. The molecule has 0 bridgehead atoms. The summed E-state index contributed by atoms with van der Waals surface area (Å²) in [5, 5.41) is 0. The average molecular weight is 326 g/mol. The topological polar surface area (TPSA) is 35.5 Å². The van der Waals surface area contributed by atoms with Gasteiger partial charge in [-0.1, -0.05) is 51.0 Å².